The Morgan fingerprint density at radius 2 is 1.10 bits per heavy atom. The average Bonchev–Trinajstić information content (AvgIpc) is 2.42. The molecule has 0 saturated heterocycles. The Morgan fingerprint density at radius 1 is 0.714 bits per heavy atom. The van der Waals surface area contributed by atoms with Crippen LogP contribution < -0.4 is 11.5 Å². The highest BCUT2D eigenvalue weighted by Gasteiger charge is 2.08. The van der Waals surface area contributed by atoms with Crippen LogP contribution in [0.5, 0.6) is 0 Å². The fourth-order valence-electron chi connectivity index (χ4n) is 1.61. The fraction of sp³-hybridized carbons (Fsp3) is 0. The summed E-state index contributed by atoms with van der Waals surface area (Å²) in [6, 6.07) is 11.3. The van der Waals surface area contributed by atoms with Crippen molar-refractivity contribution in [3.05, 3.63) is 71.3 Å². The van der Waals surface area contributed by atoms with E-state index in [9.17, 15) is 8.78 Å². The van der Waals surface area contributed by atoms with E-state index >= 15 is 0 Å². The highest BCUT2D eigenvalue weighted by atomic mass is 35.5. The molecular weight excluding hydrogens is 298 g/mol. The maximum Gasteiger partial charge on any atom is 0.211 e. The van der Waals surface area contributed by atoms with Crippen molar-refractivity contribution in [1.82, 2.24) is 0 Å². The molecular formula is C14H13ClF2N4. The van der Waals surface area contributed by atoms with Gasteiger partial charge in [0.15, 0.2) is 0 Å². The molecule has 7 heteroatoms. The van der Waals surface area contributed by atoms with Crippen LogP contribution in [0.4, 0.5) is 8.78 Å². The van der Waals surface area contributed by atoms with E-state index < -0.39 is 0 Å². The smallest absolute Gasteiger partial charge is 0.211 e. The van der Waals surface area contributed by atoms with Gasteiger partial charge >= 0.3 is 0 Å². The first kappa shape index (κ1) is 16.6. The van der Waals surface area contributed by atoms with Gasteiger partial charge in [0.1, 0.15) is 17.3 Å². The molecule has 0 bridgehead atoms. The molecule has 0 spiro atoms. The van der Waals surface area contributed by atoms with Gasteiger partial charge in [-0.05, 0) is 48.5 Å². The SMILES string of the molecule is Cl.NC(N)=NN=C(c1ccc(F)cc1)c1ccc(F)cc1. The zero-order valence-corrected chi connectivity index (χ0v) is 11.6. The lowest BCUT2D eigenvalue weighted by Crippen LogP contribution is -2.22. The van der Waals surface area contributed by atoms with Crippen molar-refractivity contribution in [3.63, 3.8) is 0 Å². The Hall–Kier alpha value is -2.47. The number of nitrogens with two attached hydrogens (primary N) is 2. The fourth-order valence-corrected chi connectivity index (χ4v) is 1.61. The van der Waals surface area contributed by atoms with Crippen LogP contribution >= 0.6 is 12.4 Å². The van der Waals surface area contributed by atoms with Crippen molar-refractivity contribution < 1.29 is 8.78 Å². The molecule has 0 unspecified atom stereocenters. The molecule has 0 amide bonds. The topological polar surface area (TPSA) is 76.8 Å². The molecule has 21 heavy (non-hydrogen) atoms. The summed E-state index contributed by atoms with van der Waals surface area (Å²) in [5.41, 5.74) is 12.1. The predicted molar refractivity (Wildman–Crippen MR) is 81.5 cm³/mol. The molecule has 0 aliphatic rings. The Labute approximate surface area is 126 Å². The van der Waals surface area contributed by atoms with Gasteiger partial charge in [-0.3, -0.25) is 0 Å². The molecule has 0 fully saturated rings. The highest BCUT2D eigenvalue weighted by molar-refractivity contribution is 6.12. The molecule has 2 aromatic rings. The molecule has 0 heterocycles. The summed E-state index contributed by atoms with van der Waals surface area (Å²) in [6.45, 7) is 0. The van der Waals surface area contributed by atoms with Crippen molar-refractivity contribution in [2.24, 2.45) is 21.7 Å². The third-order valence-corrected chi connectivity index (χ3v) is 2.50. The first-order chi connectivity index (χ1) is 9.56. The molecule has 2 rings (SSSR count). The van der Waals surface area contributed by atoms with Crippen LogP contribution in [0.25, 0.3) is 0 Å². The van der Waals surface area contributed by atoms with Crippen LogP contribution in [-0.4, -0.2) is 11.7 Å². The summed E-state index contributed by atoms with van der Waals surface area (Å²) >= 11 is 0. The molecule has 0 aliphatic carbocycles. The molecule has 4 N–H and O–H groups in total. The summed E-state index contributed by atoms with van der Waals surface area (Å²) in [7, 11) is 0. The minimum absolute atomic E-state index is 0. The second-order valence-electron chi connectivity index (χ2n) is 3.99. The molecule has 0 atom stereocenters. The Kier molecular flexibility index (Phi) is 5.80. The standard InChI is InChI=1S/C14H12F2N4.ClH/c15-11-5-1-9(2-6-11)13(19-20-14(17)18)10-3-7-12(16)8-4-10;/h1-8H,(H4,17,18,20);1H. The number of nitrogens with zero attached hydrogens (tertiary/aromatic N) is 2. The summed E-state index contributed by atoms with van der Waals surface area (Å²) in [5.74, 6) is -0.935. The maximum absolute atomic E-state index is 13.0. The minimum Gasteiger partial charge on any atom is -0.369 e. The number of hydrogen-bond acceptors (Lipinski definition) is 2. The summed E-state index contributed by atoms with van der Waals surface area (Å²) in [4.78, 5) is 0. The lowest BCUT2D eigenvalue weighted by molar-refractivity contribution is 0.627. The Balaban J connectivity index is 0.00000220. The lowest BCUT2D eigenvalue weighted by atomic mass is 10.0. The number of rotatable bonds is 3. The third-order valence-electron chi connectivity index (χ3n) is 2.50. The van der Waals surface area contributed by atoms with Gasteiger partial charge in [-0.15, -0.1) is 22.6 Å². The molecule has 0 saturated carbocycles. The predicted octanol–water partition coefficient (Wildman–Crippen LogP) is 2.41. The second kappa shape index (κ2) is 7.35. The van der Waals surface area contributed by atoms with Crippen molar-refractivity contribution in [1.29, 1.82) is 0 Å². The number of guanidine groups is 1. The third kappa shape index (κ3) is 4.54. The monoisotopic (exact) mass is 310 g/mol. The van der Waals surface area contributed by atoms with E-state index in [4.69, 9.17) is 11.5 Å². The van der Waals surface area contributed by atoms with Crippen molar-refractivity contribution in [2.45, 2.75) is 0 Å². The zero-order valence-electron chi connectivity index (χ0n) is 10.8. The van der Waals surface area contributed by atoms with E-state index in [2.05, 4.69) is 10.2 Å². The van der Waals surface area contributed by atoms with Crippen molar-refractivity contribution in [2.75, 3.05) is 0 Å². The number of halogens is 3. The largest absolute Gasteiger partial charge is 0.369 e. The zero-order chi connectivity index (χ0) is 14.5. The Bertz CT molecular complexity index is 600. The summed E-state index contributed by atoms with van der Waals surface area (Å²) in [6.07, 6.45) is 0. The van der Waals surface area contributed by atoms with E-state index in [1.165, 1.54) is 24.3 Å². The average molecular weight is 311 g/mol. The summed E-state index contributed by atoms with van der Waals surface area (Å²) < 4.78 is 25.9. The van der Waals surface area contributed by atoms with Crippen LogP contribution in [0.15, 0.2) is 58.7 Å². The van der Waals surface area contributed by atoms with Gasteiger partial charge in [0.05, 0.1) is 0 Å². The number of hydrogen-bond donors (Lipinski definition) is 2. The van der Waals surface area contributed by atoms with Crippen LogP contribution in [0.1, 0.15) is 11.1 Å². The molecule has 0 radical (unpaired) electrons. The normalized spacial score (nSPS) is 9.43. The molecule has 2 aromatic carbocycles. The second-order valence-corrected chi connectivity index (χ2v) is 3.99. The van der Waals surface area contributed by atoms with E-state index in [1.807, 2.05) is 0 Å². The van der Waals surface area contributed by atoms with E-state index in [1.54, 1.807) is 24.3 Å². The van der Waals surface area contributed by atoms with Crippen LogP contribution in [0.3, 0.4) is 0 Å². The van der Waals surface area contributed by atoms with Gasteiger partial charge in [-0.1, -0.05) is 0 Å². The molecule has 0 aromatic heterocycles. The number of benzene rings is 2. The van der Waals surface area contributed by atoms with Gasteiger partial charge in [0.2, 0.25) is 5.96 Å². The molecule has 110 valence electrons. The highest BCUT2D eigenvalue weighted by Crippen LogP contribution is 2.13. The van der Waals surface area contributed by atoms with E-state index in [0.29, 0.717) is 16.8 Å². The van der Waals surface area contributed by atoms with Crippen LogP contribution in [-0.2, 0) is 0 Å². The molecule has 4 nitrogen and oxygen atoms in total. The first-order valence-electron chi connectivity index (χ1n) is 5.75. The quantitative estimate of drug-likeness (QED) is 0.519. The van der Waals surface area contributed by atoms with Crippen LogP contribution in [0.2, 0.25) is 0 Å². The van der Waals surface area contributed by atoms with Crippen LogP contribution in [0, 0.1) is 11.6 Å². The lowest BCUT2D eigenvalue weighted by Gasteiger charge is -2.05. The van der Waals surface area contributed by atoms with Gasteiger partial charge < -0.3 is 11.5 Å². The maximum atomic E-state index is 13.0. The van der Waals surface area contributed by atoms with Crippen molar-refractivity contribution in [3.8, 4) is 0 Å². The minimum atomic E-state index is -0.367. The van der Waals surface area contributed by atoms with Gasteiger partial charge in [-0.2, -0.15) is 0 Å². The Morgan fingerprint density at radius 3 is 1.43 bits per heavy atom. The van der Waals surface area contributed by atoms with Gasteiger partial charge in [0, 0.05) is 11.1 Å². The van der Waals surface area contributed by atoms with E-state index in [-0.39, 0.29) is 30.0 Å². The molecule has 0 aliphatic heterocycles. The van der Waals surface area contributed by atoms with Gasteiger partial charge in [-0.25, -0.2) is 8.78 Å². The van der Waals surface area contributed by atoms with E-state index in [0.717, 1.165) is 0 Å². The first-order valence-corrected chi connectivity index (χ1v) is 5.75. The van der Waals surface area contributed by atoms with Gasteiger partial charge in [0.25, 0.3) is 0 Å². The summed E-state index contributed by atoms with van der Waals surface area (Å²) in [5, 5.41) is 7.53. The van der Waals surface area contributed by atoms with Crippen molar-refractivity contribution >= 4 is 24.1 Å².